The summed E-state index contributed by atoms with van der Waals surface area (Å²) in [5.74, 6) is 0.184. The number of aliphatic hydroxyl groups excluding tert-OH is 1. The lowest BCUT2D eigenvalue weighted by molar-refractivity contribution is -0.0479. The molecule has 0 saturated heterocycles. The highest BCUT2D eigenvalue weighted by atomic mass is 16.3. The summed E-state index contributed by atoms with van der Waals surface area (Å²) in [7, 11) is 1.80. The average molecular weight is 189 g/mol. The van der Waals surface area contributed by atoms with E-state index in [0.717, 1.165) is 0 Å². The highest BCUT2D eigenvalue weighted by molar-refractivity contribution is 4.83. The molecule has 0 rings (SSSR count). The molecule has 80 valence electrons. The van der Waals surface area contributed by atoms with Crippen molar-refractivity contribution in [1.29, 1.82) is 0 Å². The van der Waals surface area contributed by atoms with Gasteiger partial charge in [0.2, 0.25) is 0 Å². The second-order valence-electron chi connectivity index (χ2n) is 4.03. The zero-order chi connectivity index (χ0) is 10.5. The fourth-order valence-electron chi connectivity index (χ4n) is 1.50. The van der Waals surface area contributed by atoms with Gasteiger partial charge in [0.05, 0.1) is 11.7 Å². The van der Waals surface area contributed by atoms with Crippen LogP contribution in [0.5, 0.6) is 0 Å². The SMILES string of the molecule is CC[C@](O)(C[C@@H](O)CNC)C(C)C. The fourth-order valence-corrected chi connectivity index (χ4v) is 1.50. The van der Waals surface area contributed by atoms with E-state index in [2.05, 4.69) is 5.32 Å². The van der Waals surface area contributed by atoms with Crippen molar-refractivity contribution in [3.05, 3.63) is 0 Å². The van der Waals surface area contributed by atoms with Gasteiger partial charge < -0.3 is 15.5 Å². The summed E-state index contributed by atoms with van der Waals surface area (Å²) in [6.07, 6.45) is 0.672. The second-order valence-corrected chi connectivity index (χ2v) is 4.03. The van der Waals surface area contributed by atoms with E-state index in [1.54, 1.807) is 7.05 Å². The first kappa shape index (κ1) is 12.9. The number of rotatable bonds is 6. The Balaban J connectivity index is 4.10. The standard InChI is InChI=1S/C10H23NO2/c1-5-10(13,8(2)3)6-9(12)7-11-4/h8-9,11-13H,5-7H2,1-4H3/t9-,10+/m1/s1. The molecule has 0 bridgehead atoms. The lowest BCUT2D eigenvalue weighted by atomic mass is 9.83. The molecule has 0 radical (unpaired) electrons. The minimum atomic E-state index is -0.726. The van der Waals surface area contributed by atoms with E-state index < -0.39 is 11.7 Å². The van der Waals surface area contributed by atoms with Crippen molar-refractivity contribution in [3.63, 3.8) is 0 Å². The van der Waals surface area contributed by atoms with E-state index in [-0.39, 0.29) is 5.92 Å². The van der Waals surface area contributed by atoms with E-state index in [1.807, 2.05) is 20.8 Å². The molecule has 13 heavy (non-hydrogen) atoms. The molecule has 0 aromatic heterocycles. The minimum Gasteiger partial charge on any atom is -0.392 e. The third-order valence-electron chi connectivity index (χ3n) is 2.72. The topological polar surface area (TPSA) is 52.5 Å². The van der Waals surface area contributed by atoms with Crippen LogP contribution in [0, 0.1) is 5.92 Å². The number of hydrogen-bond donors (Lipinski definition) is 3. The third kappa shape index (κ3) is 4.07. The lowest BCUT2D eigenvalue weighted by Crippen LogP contribution is -2.40. The van der Waals surface area contributed by atoms with Gasteiger partial charge in [-0.1, -0.05) is 20.8 Å². The lowest BCUT2D eigenvalue weighted by Gasteiger charge is -2.33. The zero-order valence-corrected chi connectivity index (χ0v) is 9.17. The molecule has 0 aliphatic rings. The van der Waals surface area contributed by atoms with E-state index in [4.69, 9.17) is 0 Å². The maximum Gasteiger partial charge on any atom is 0.0693 e. The van der Waals surface area contributed by atoms with Gasteiger partial charge in [0.25, 0.3) is 0 Å². The van der Waals surface area contributed by atoms with Crippen LogP contribution in [0.1, 0.15) is 33.6 Å². The van der Waals surface area contributed by atoms with E-state index in [9.17, 15) is 10.2 Å². The summed E-state index contributed by atoms with van der Waals surface area (Å²) in [5.41, 5.74) is -0.726. The normalized spacial score (nSPS) is 18.7. The predicted octanol–water partition coefficient (Wildman–Crippen LogP) is 0.754. The van der Waals surface area contributed by atoms with Crippen LogP contribution >= 0.6 is 0 Å². The number of nitrogens with one attached hydrogen (secondary N) is 1. The first-order chi connectivity index (χ1) is 5.96. The van der Waals surface area contributed by atoms with Crippen LogP contribution in [0.4, 0.5) is 0 Å². The number of likely N-dealkylation sites (N-methyl/N-ethyl adjacent to an activating group) is 1. The van der Waals surface area contributed by atoms with Crippen molar-refractivity contribution in [2.24, 2.45) is 5.92 Å². The molecule has 0 unspecified atom stereocenters. The molecular formula is C10H23NO2. The Kier molecular flexibility index (Phi) is 5.53. The fraction of sp³-hybridized carbons (Fsp3) is 1.00. The largest absolute Gasteiger partial charge is 0.392 e. The van der Waals surface area contributed by atoms with Crippen LogP contribution in [0.3, 0.4) is 0 Å². The second kappa shape index (κ2) is 5.58. The number of aliphatic hydroxyl groups is 2. The average Bonchev–Trinajstić information content (AvgIpc) is 2.04. The van der Waals surface area contributed by atoms with Gasteiger partial charge in [-0.2, -0.15) is 0 Å². The molecule has 0 spiro atoms. The van der Waals surface area contributed by atoms with Crippen molar-refractivity contribution in [2.45, 2.75) is 45.3 Å². The maximum absolute atomic E-state index is 10.1. The van der Waals surface area contributed by atoms with Crippen molar-refractivity contribution < 1.29 is 10.2 Å². The Morgan fingerprint density at radius 1 is 1.38 bits per heavy atom. The summed E-state index contributed by atoms with van der Waals surface area (Å²) in [4.78, 5) is 0. The molecule has 2 atom stereocenters. The van der Waals surface area contributed by atoms with Crippen molar-refractivity contribution in [2.75, 3.05) is 13.6 Å². The monoisotopic (exact) mass is 189 g/mol. The van der Waals surface area contributed by atoms with E-state index in [1.165, 1.54) is 0 Å². The molecule has 0 heterocycles. The van der Waals surface area contributed by atoms with Crippen LogP contribution in [0.25, 0.3) is 0 Å². The van der Waals surface area contributed by atoms with Gasteiger partial charge in [0, 0.05) is 13.0 Å². The predicted molar refractivity (Wildman–Crippen MR) is 54.6 cm³/mol. The van der Waals surface area contributed by atoms with Gasteiger partial charge in [0.15, 0.2) is 0 Å². The van der Waals surface area contributed by atoms with Gasteiger partial charge in [-0.25, -0.2) is 0 Å². The summed E-state index contributed by atoms with van der Waals surface area (Å²) in [6.45, 7) is 6.45. The molecule has 0 amide bonds. The molecule has 3 N–H and O–H groups in total. The molecule has 0 aliphatic heterocycles. The molecule has 0 fully saturated rings. The highest BCUT2D eigenvalue weighted by Crippen LogP contribution is 2.26. The molecule has 3 nitrogen and oxygen atoms in total. The number of hydrogen-bond acceptors (Lipinski definition) is 3. The Labute approximate surface area is 81.2 Å². The first-order valence-corrected chi connectivity index (χ1v) is 5.01. The van der Waals surface area contributed by atoms with Gasteiger partial charge in [-0.15, -0.1) is 0 Å². The molecule has 0 aliphatic carbocycles. The smallest absolute Gasteiger partial charge is 0.0693 e. The summed E-state index contributed by atoms with van der Waals surface area (Å²) in [6, 6.07) is 0. The Morgan fingerprint density at radius 2 is 1.92 bits per heavy atom. The van der Waals surface area contributed by atoms with Crippen molar-refractivity contribution in [3.8, 4) is 0 Å². The van der Waals surface area contributed by atoms with Crippen LogP contribution in [0.15, 0.2) is 0 Å². The van der Waals surface area contributed by atoms with Gasteiger partial charge in [-0.3, -0.25) is 0 Å². The molecule has 0 aromatic carbocycles. The van der Waals surface area contributed by atoms with Crippen LogP contribution in [-0.2, 0) is 0 Å². The molecule has 0 aromatic rings. The van der Waals surface area contributed by atoms with Crippen molar-refractivity contribution >= 4 is 0 Å². The molecule has 0 saturated carbocycles. The zero-order valence-electron chi connectivity index (χ0n) is 9.17. The van der Waals surface area contributed by atoms with Crippen LogP contribution in [-0.4, -0.2) is 35.5 Å². The first-order valence-electron chi connectivity index (χ1n) is 5.01. The van der Waals surface area contributed by atoms with E-state index in [0.29, 0.717) is 19.4 Å². The van der Waals surface area contributed by atoms with Gasteiger partial charge in [-0.05, 0) is 19.4 Å². The Morgan fingerprint density at radius 3 is 2.23 bits per heavy atom. The summed E-state index contributed by atoms with van der Waals surface area (Å²) >= 11 is 0. The Bertz CT molecular complexity index is 139. The molecular weight excluding hydrogens is 166 g/mol. The van der Waals surface area contributed by atoms with Gasteiger partial charge in [0.1, 0.15) is 0 Å². The highest BCUT2D eigenvalue weighted by Gasteiger charge is 2.31. The quantitative estimate of drug-likeness (QED) is 0.578. The minimum absolute atomic E-state index is 0.184. The van der Waals surface area contributed by atoms with Crippen LogP contribution in [0.2, 0.25) is 0 Å². The van der Waals surface area contributed by atoms with Crippen LogP contribution < -0.4 is 5.32 Å². The van der Waals surface area contributed by atoms with E-state index >= 15 is 0 Å². The van der Waals surface area contributed by atoms with Gasteiger partial charge >= 0.3 is 0 Å². The Hall–Kier alpha value is -0.120. The molecule has 3 heteroatoms. The summed E-state index contributed by atoms with van der Waals surface area (Å²) < 4.78 is 0. The maximum atomic E-state index is 10.1. The third-order valence-corrected chi connectivity index (χ3v) is 2.72. The summed E-state index contributed by atoms with van der Waals surface area (Å²) in [5, 5.41) is 22.5. The van der Waals surface area contributed by atoms with Crippen molar-refractivity contribution in [1.82, 2.24) is 5.32 Å².